The summed E-state index contributed by atoms with van der Waals surface area (Å²) in [5, 5.41) is 9.16. The van der Waals surface area contributed by atoms with Gasteiger partial charge in [0, 0.05) is 5.56 Å². The number of hydrogen-bond acceptors (Lipinski definition) is 6. The van der Waals surface area contributed by atoms with Crippen LogP contribution in [0.3, 0.4) is 0 Å². The first-order valence-corrected chi connectivity index (χ1v) is 9.27. The molecule has 2 aromatic carbocycles. The second-order valence-electron chi connectivity index (χ2n) is 5.74. The maximum absolute atomic E-state index is 12.9. The monoisotopic (exact) mass is 399 g/mol. The molecule has 0 unspecified atom stereocenters. The molecule has 27 heavy (non-hydrogen) atoms. The van der Waals surface area contributed by atoms with Gasteiger partial charge in [0.15, 0.2) is 15.8 Å². The Morgan fingerprint density at radius 3 is 2.78 bits per heavy atom. The molecular weight excluding hydrogens is 386 g/mol. The number of hydrogen-bond donors (Lipinski definition) is 1. The third-order valence-corrected chi connectivity index (χ3v) is 5.33. The first kappa shape index (κ1) is 17.6. The van der Waals surface area contributed by atoms with Gasteiger partial charge in [0.1, 0.15) is 13.2 Å². The summed E-state index contributed by atoms with van der Waals surface area (Å²) in [7, 11) is 0. The van der Waals surface area contributed by atoms with Crippen molar-refractivity contribution < 1.29 is 24.2 Å². The van der Waals surface area contributed by atoms with Crippen molar-refractivity contribution in [2.24, 2.45) is 0 Å². The van der Waals surface area contributed by atoms with Crippen molar-refractivity contribution in [3.05, 3.63) is 58.5 Å². The molecule has 2 aliphatic heterocycles. The number of amides is 1. The lowest BCUT2D eigenvalue weighted by Crippen LogP contribution is -2.27. The van der Waals surface area contributed by atoms with Gasteiger partial charge in [-0.2, -0.15) is 0 Å². The molecule has 1 saturated heterocycles. The Kier molecular flexibility index (Phi) is 4.59. The minimum absolute atomic E-state index is 0.0909. The molecule has 0 aliphatic carbocycles. The highest BCUT2D eigenvalue weighted by atomic mass is 32.2. The molecule has 6 nitrogen and oxygen atoms in total. The number of benzene rings is 2. The molecule has 2 heterocycles. The number of ether oxygens (including phenoxy) is 2. The number of carboxylic acids is 1. The minimum Gasteiger partial charge on any atom is -0.486 e. The lowest BCUT2D eigenvalue weighted by atomic mass is 10.1. The van der Waals surface area contributed by atoms with Gasteiger partial charge in [-0.15, -0.1) is 0 Å². The number of aromatic carboxylic acids is 1. The number of carbonyl (C=O) groups is 2. The van der Waals surface area contributed by atoms with Crippen LogP contribution in [0.4, 0.5) is 5.69 Å². The van der Waals surface area contributed by atoms with Gasteiger partial charge in [-0.1, -0.05) is 42.2 Å². The van der Waals surface area contributed by atoms with Crippen LogP contribution < -0.4 is 14.4 Å². The lowest BCUT2D eigenvalue weighted by Gasteiger charge is -2.20. The molecule has 0 spiro atoms. The molecule has 0 atom stereocenters. The van der Waals surface area contributed by atoms with Crippen LogP contribution in [0.2, 0.25) is 0 Å². The van der Waals surface area contributed by atoms with Crippen LogP contribution in [0, 0.1) is 0 Å². The molecule has 0 bridgehead atoms. The first-order valence-electron chi connectivity index (χ1n) is 8.04. The van der Waals surface area contributed by atoms with E-state index in [0.29, 0.717) is 39.6 Å². The minimum atomic E-state index is -1.06. The second-order valence-corrected chi connectivity index (χ2v) is 7.42. The number of carbonyl (C=O) groups excluding carboxylic acids is 1. The predicted octanol–water partition coefficient (Wildman–Crippen LogP) is 3.56. The summed E-state index contributed by atoms with van der Waals surface area (Å²) in [5.41, 5.74) is 1.25. The summed E-state index contributed by atoms with van der Waals surface area (Å²) in [6.07, 6.45) is 1.72. The molecule has 2 aliphatic rings. The van der Waals surface area contributed by atoms with Gasteiger partial charge in [-0.05, 0) is 30.3 Å². The van der Waals surface area contributed by atoms with E-state index in [1.165, 1.54) is 17.0 Å². The van der Waals surface area contributed by atoms with Crippen LogP contribution in [0.1, 0.15) is 15.9 Å². The van der Waals surface area contributed by atoms with Gasteiger partial charge in [-0.3, -0.25) is 9.69 Å². The van der Waals surface area contributed by atoms with Gasteiger partial charge in [0.2, 0.25) is 0 Å². The Bertz CT molecular complexity index is 1000. The van der Waals surface area contributed by atoms with Crippen molar-refractivity contribution in [3.63, 3.8) is 0 Å². The van der Waals surface area contributed by atoms with E-state index in [4.69, 9.17) is 26.8 Å². The highest BCUT2D eigenvalue weighted by Crippen LogP contribution is 2.40. The van der Waals surface area contributed by atoms with E-state index in [2.05, 4.69) is 0 Å². The molecule has 0 aromatic heterocycles. The van der Waals surface area contributed by atoms with Crippen molar-refractivity contribution >= 4 is 51.9 Å². The number of nitrogens with zero attached hydrogens (tertiary/aromatic N) is 1. The van der Waals surface area contributed by atoms with Gasteiger partial charge in [0.25, 0.3) is 5.91 Å². The van der Waals surface area contributed by atoms with Crippen molar-refractivity contribution in [1.29, 1.82) is 0 Å². The summed E-state index contributed by atoms with van der Waals surface area (Å²) in [6, 6.07) is 11.6. The maximum atomic E-state index is 12.9. The lowest BCUT2D eigenvalue weighted by molar-refractivity contribution is -0.113. The summed E-state index contributed by atoms with van der Waals surface area (Å²) >= 11 is 6.51. The van der Waals surface area contributed by atoms with Crippen molar-refractivity contribution in [3.8, 4) is 11.5 Å². The Balaban J connectivity index is 1.69. The average Bonchev–Trinajstić information content (AvgIpc) is 2.95. The number of carboxylic acid groups (broad SMARTS) is 1. The van der Waals surface area contributed by atoms with E-state index in [1.807, 2.05) is 18.2 Å². The summed E-state index contributed by atoms with van der Waals surface area (Å²) in [6.45, 7) is 0.930. The third-order valence-electron chi connectivity index (χ3n) is 4.03. The predicted molar refractivity (Wildman–Crippen MR) is 106 cm³/mol. The highest BCUT2D eigenvalue weighted by Gasteiger charge is 2.34. The van der Waals surface area contributed by atoms with Gasteiger partial charge >= 0.3 is 5.97 Å². The smallest absolute Gasteiger partial charge is 0.335 e. The second kappa shape index (κ2) is 7.05. The normalized spacial score (nSPS) is 17.5. The van der Waals surface area contributed by atoms with E-state index in [1.54, 1.807) is 18.2 Å². The summed E-state index contributed by atoms with van der Waals surface area (Å²) in [5.74, 6) is -0.130. The number of fused-ring (bicyclic) bond motifs is 1. The molecule has 0 saturated carbocycles. The SMILES string of the molecule is O=C(O)c1cccc(N2C(=O)/C(=C\c3cccc4c3OCCO4)SC2=S)c1. The Morgan fingerprint density at radius 2 is 1.96 bits per heavy atom. The molecule has 8 heteroatoms. The number of thioether (sulfide) groups is 1. The third kappa shape index (κ3) is 3.29. The topological polar surface area (TPSA) is 76.1 Å². The molecule has 0 radical (unpaired) electrons. The average molecular weight is 399 g/mol. The molecule has 1 amide bonds. The van der Waals surface area contributed by atoms with Crippen LogP contribution >= 0.6 is 24.0 Å². The van der Waals surface area contributed by atoms with Crippen LogP contribution in [0.25, 0.3) is 6.08 Å². The summed E-state index contributed by atoms with van der Waals surface area (Å²) in [4.78, 5) is 25.9. The van der Waals surface area contributed by atoms with Crippen LogP contribution in [0.5, 0.6) is 11.5 Å². The fraction of sp³-hybridized carbons (Fsp3) is 0.105. The maximum Gasteiger partial charge on any atom is 0.335 e. The van der Waals surface area contributed by atoms with E-state index in [-0.39, 0.29) is 11.5 Å². The van der Waals surface area contributed by atoms with Crippen molar-refractivity contribution in [1.82, 2.24) is 0 Å². The zero-order valence-corrected chi connectivity index (χ0v) is 15.5. The molecule has 2 aromatic rings. The highest BCUT2D eigenvalue weighted by molar-refractivity contribution is 8.27. The zero-order chi connectivity index (χ0) is 19.0. The molecule has 4 rings (SSSR count). The largest absolute Gasteiger partial charge is 0.486 e. The first-order chi connectivity index (χ1) is 13.0. The van der Waals surface area contributed by atoms with Crippen LogP contribution in [-0.2, 0) is 4.79 Å². The zero-order valence-electron chi connectivity index (χ0n) is 13.9. The number of para-hydroxylation sites is 1. The molecule has 1 fully saturated rings. The fourth-order valence-corrected chi connectivity index (χ4v) is 4.11. The number of thiocarbonyl (C=S) groups is 1. The van der Waals surface area contributed by atoms with Crippen molar-refractivity contribution in [2.45, 2.75) is 0 Å². The van der Waals surface area contributed by atoms with E-state index in [9.17, 15) is 9.59 Å². The van der Waals surface area contributed by atoms with E-state index in [0.717, 1.165) is 17.3 Å². The Hall–Kier alpha value is -2.84. The summed E-state index contributed by atoms with van der Waals surface area (Å²) < 4.78 is 11.6. The number of anilines is 1. The van der Waals surface area contributed by atoms with Crippen LogP contribution in [-0.4, -0.2) is 34.5 Å². The van der Waals surface area contributed by atoms with Gasteiger partial charge < -0.3 is 14.6 Å². The Labute approximate surface area is 164 Å². The quantitative estimate of drug-likeness (QED) is 0.625. The van der Waals surface area contributed by atoms with Gasteiger partial charge in [-0.25, -0.2) is 4.79 Å². The Morgan fingerprint density at radius 1 is 1.19 bits per heavy atom. The van der Waals surface area contributed by atoms with E-state index >= 15 is 0 Å². The van der Waals surface area contributed by atoms with Crippen molar-refractivity contribution in [2.75, 3.05) is 18.1 Å². The molecule has 1 N–H and O–H groups in total. The number of rotatable bonds is 3. The molecule has 136 valence electrons. The fourth-order valence-electron chi connectivity index (χ4n) is 2.82. The molecular formula is C19H13NO5S2. The van der Waals surface area contributed by atoms with E-state index < -0.39 is 5.97 Å². The van der Waals surface area contributed by atoms with Gasteiger partial charge in [0.05, 0.1) is 16.2 Å². The van der Waals surface area contributed by atoms with Crippen LogP contribution in [0.15, 0.2) is 47.4 Å². The standard InChI is InChI=1S/C19H13NO5S2/c21-17-15(10-11-3-2-6-14-16(11)25-8-7-24-14)27-19(26)20(17)13-5-1-4-12(9-13)18(22)23/h1-6,9-10H,7-8H2,(H,22,23)/b15-10+.